The van der Waals surface area contributed by atoms with Crippen LogP contribution in [0.5, 0.6) is 0 Å². The normalized spacial score (nSPS) is 14.9. The van der Waals surface area contributed by atoms with Gasteiger partial charge >= 0.3 is 0 Å². The molecular weight excluding hydrogens is 194 g/mol. The number of nitrogens with two attached hydrogens (primary N) is 1. The lowest BCUT2D eigenvalue weighted by molar-refractivity contribution is -0.813. The molecule has 0 aliphatic carbocycles. The second kappa shape index (κ2) is 8.64. The Morgan fingerprint density at radius 2 is 2.00 bits per heavy atom. The number of carboxylic acids is 1. The molecule has 5 heteroatoms. The van der Waals surface area contributed by atoms with Gasteiger partial charge in [0, 0.05) is 12.8 Å². The Kier molecular flexibility index (Phi) is 8.27. The Balaban J connectivity index is 3.33. The Morgan fingerprint density at radius 3 is 2.53 bits per heavy atom. The molecule has 0 rings (SSSR count). The highest BCUT2D eigenvalue weighted by Crippen LogP contribution is 1.92. The van der Waals surface area contributed by atoms with Crippen LogP contribution in [0.4, 0.5) is 0 Å². The van der Waals surface area contributed by atoms with Crippen LogP contribution in [0.15, 0.2) is 0 Å². The molecule has 8 N–H and O–H groups in total. The number of carboxylic acid groups (broad SMARTS) is 1. The highest BCUT2D eigenvalue weighted by atomic mass is 16.4. The van der Waals surface area contributed by atoms with Crippen LogP contribution >= 0.6 is 0 Å². The van der Waals surface area contributed by atoms with Crippen molar-refractivity contribution in [2.75, 3.05) is 6.54 Å². The first-order valence-electron chi connectivity index (χ1n) is 5.78. The van der Waals surface area contributed by atoms with Crippen LogP contribution in [0.2, 0.25) is 0 Å². The van der Waals surface area contributed by atoms with Gasteiger partial charge in [-0.3, -0.25) is 5.32 Å². The predicted octanol–water partition coefficient (Wildman–Crippen LogP) is -3.55. The number of carbonyl (C=O) groups excluding carboxylic acids is 1. The summed E-state index contributed by atoms with van der Waals surface area (Å²) in [5, 5.41) is 12.6. The van der Waals surface area contributed by atoms with Gasteiger partial charge < -0.3 is 21.4 Å². The van der Waals surface area contributed by atoms with Crippen LogP contribution in [-0.2, 0) is 4.79 Å². The van der Waals surface area contributed by atoms with E-state index in [1.54, 1.807) is 0 Å². The van der Waals surface area contributed by atoms with Gasteiger partial charge in [0.2, 0.25) is 6.17 Å². The van der Waals surface area contributed by atoms with Crippen molar-refractivity contribution < 1.29 is 26.7 Å². The van der Waals surface area contributed by atoms with Crippen molar-refractivity contribution in [3.8, 4) is 0 Å². The maximum atomic E-state index is 10.4. The maximum Gasteiger partial charge on any atom is 0.208 e. The van der Waals surface area contributed by atoms with Crippen LogP contribution in [0.25, 0.3) is 0 Å². The molecule has 0 radical (unpaired) electrons. The van der Waals surface area contributed by atoms with Gasteiger partial charge in [0.1, 0.15) is 6.04 Å². The Hall–Kier alpha value is -0.650. The minimum Gasteiger partial charge on any atom is -0.544 e. The first kappa shape index (κ1) is 14.3. The largest absolute Gasteiger partial charge is 0.544 e. The van der Waals surface area contributed by atoms with Gasteiger partial charge in [0.05, 0.1) is 18.9 Å². The molecule has 0 amide bonds. The molecule has 0 heterocycles. The molecule has 5 nitrogen and oxygen atoms in total. The molecule has 90 valence electrons. The quantitative estimate of drug-likeness (QED) is 0.275. The second-order valence-corrected chi connectivity index (χ2v) is 4.08. The summed E-state index contributed by atoms with van der Waals surface area (Å²) in [4.78, 5) is 10.4. The summed E-state index contributed by atoms with van der Waals surface area (Å²) in [6.07, 6.45) is 5.40. The fourth-order valence-corrected chi connectivity index (χ4v) is 1.42. The highest BCUT2D eigenvalue weighted by Gasteiger charge is 2.10. The summed E-state index contributed by atoms with van der Waals surface area (Å²) in [5.41, 5.74) is 7.54. The van der Waals surface area contributed by atoms with Gasteiger partial charge in [-0.15, -0.1) is 0 Å². The molecule has 0 bridgehead atoms. The predicted molar refractivity (Wildman–Crippen MR) is 53.9 cm³/mol. The van der Waals surface area contributed by atoms with Gasteiger partial charge in [-0.05, 0) is 6.42 Å². The lowest BCUT2D eigenvalue weighted by atomic mass is 10.1. The van der Waals surface area contributed by atoms with Gasteiger partial charge in [0.25, 0.3) is 0 Å². The zero-order valence-electron chi connectivity index (χ0n) is 9.71. The zero-order valence-corrected chi connectivity index (χ0v) is 9.71. The SMILES string of the molecule is CCCC[C@@H]([NH3+])[NH2+]CCC[C@H]([NH3+])C(=O)[O-]. The molecule has 0 saturated carbocycles. The van der Waals surface area contributed by atoms with Crippen LogP contribution in [0, 0.1) is 0 Å². The molecule has 0 aromatic rings. The third kappa shape index (κ3) is 8.35. The summed E-state index contributed by atoms with van der Waals surface area (Å²) in [7, 11) is 0. The van der Waals surface area contributed by atoms with E-state index in [1.807, 2.05) is 0 Å². The molecule has 0 aliphatic rings. The molecule has 0 fully saturated rings. The summed E-state index contributed by atoms with van der Waals surface area (Å²) >= 11 is 0. The van der Waals surface area contributed by atoms with E-state index in [2.05, 4.69) is 23.7 Å². The van der Waals surface area contributed by atoms with Crippen molar-refractivity contribution in [2.45, 2.75) is 51.2 Å². The summed E-state index contributed by atoms with van der Waals surface area (Å²) in [6, 6.07) is -0.572. The van der Waals surface area contributed by atoms with E-state index in [1.165, 1.54) is 12.8 Å². The molecule has 0 aromatic carbocycles. The number of hydrogen-bond acceptors (Lipinski definition) is 2. The fraction of sp³-hybridized carbons (Fsp3) is 0.900. The van der Waals surface area contributed by atoms with Crippen LogP contribution < -0.4 is 21.9 Å². The molecule has 0 unspecified atom stereocenters. The van der Waals surface area contributed by atoms with E-state index < -0.39 is 12.0 Å². The molecule has 0 saturated heterocycles. The van der Waals surface area contributed by atoms with Crippen molar-refractivity contribution in [2.24, 2.45) is 0 Å². The van der Waals surface area contributed by atoms with E-state index in [4.69, 9.17) is 0 Å². The molecule has 15 heavy (non-hydrogen) atoms. The number of aliphatic carboxylic acids is 1. The lowest BCUT2D eigenvalue weighted by Gasteiger charge is -2.10. The van der Waals surface area contributed by atoms with Crippen LogP contribution in [0.3, 0.4) is 0 Å². The highest BCUT2D eigenvalue weighted by molar-refractivity contribution is 5.68. The maximum absolute atomic E-state index is 10.4. The average molecular weight is 219 g/mol. The Labute approximate surface area is 91.2 Å². The van der Waals surface area contributed by atoms with Crippen LogP contribution in [0.1, 0.15) is 39.0 Å². The van der Waals surface area contributed by atoms with Crippen molar-refractivity contribution in [3.05, 3.63) is 0 Å². The average Bonchev–Trinajstić information content (AvgIpc) is 2.20. The summed E-state index contributed by atoms with van der Waals surface area (Å²) in [5.74, 6) is -1.05. The number of carbonyl (C=O) groups is 1. The third-order valence-electron chi connectivity index (χ3n) is 2.52. The van der Waals surface area contributed by atoms with E-state index in [0.29, 0.717) is 12.6 Å². The topological polar surface area (TPSA) is 112 Å². The fourth-order valence-electron chi connectivity index (χ4n) is 1.42. The number of quaternary nitrogens is 3. The first-order chi connectivity index (χ1) is 7.07. The number of rotatable bonds is 9. The standard InChI is InChI=1S/C10H23N3O2/c1-2-3-6-9(12)13-7-4-5-8(11)10(14)15/h8-9,13H,2-7,11-12H2,1H3,(H,14,15)/p+2/t8-,9-/m0/s1. The van der Waals surface area contributed by atoms with E-state index in [0.717, 1.165) is 19.4 Å². The van der Waals surface area contributed by atoms with Crippen molar-refractivity contribution in [3.63, 3.8) is 0 Å². The Bertz CT molecular complexity index is 176. The van der Waals surface area contributed by atoms with Crippen LogP contribution in [-0.4, -0.2) is 24.7 Å². The molecule has 0 aromatic heterocycles. The van der Waals surface area contributed by atoms with Crippen molar-refractivity contribution >= 4 is 5.97 Å². The van der Waals surface area contributed by atoms with Gasteiger partial charge in [0.15, 0.2) is 0 Å². The monoisotopic (exact) mass is 219 g/mol. The van der Waals surface area contributed by atoms with E-state index in [9.17, 15) is 9.90 Å². The van der Waals surface area contributed by atoms with E-state index in [-0.39, 0.29) is 0 Å². The smallest absolute Gasteiger partial charge is 0.208 e. The van der Waals surface area contributed by atoms with Gasteiger partial charge in [-0.25, -0.2) is 0 Å². The van der Waals surface area contributed by atoms with Gasteiger partial charge in [-0.2, -0.15) is 0 Å². The van der Waals surface area contributed by atoms with Crippen molar-refractivity contribution in [1.29, 1.82) is 0 Å². The van der Waals surface area contributed by atoms with Crippen molar-refractivity contribution in [1.82, 2.24) is 0 Å². The zero-order chi connectivity index (χ0) is 11.7. The molecular formula is C10H25N3O2+2. The van der Waals surface area contributed by atoms with E-state index >= 15 is 0 Å². The third-order valence-corrected chi connectivity index (χ3v) is 2.52. The molecule has 2 atom stereocenters. The minimum atomic E-state index is -1.05. The second-order valence-electron chi connectivity index (χ2n) is 4.08. The first-order valence-corrected chi connectivity index (χ1v) is 5.78. The summed E-state index contributed by atoms with van der Waals surface area (Å²) in [6.45, 7) is 3.09. The number of unbranched alkanes of at least 4 members (excludes halogenated alkanes) is 1. The summed E-state index contributed by atoms with van der Waals surface area (Å²) < 4.78 is 0. The minimum absolute atomic E-state index is 0.399. The Morgan fingerprint density at radius 1 is 1.33 bits per heavy atom. The molecule has 0 spiro atoms. The number of hydrogen-bond donors (Lipinski definition) is 3. The van der Waals surface area contributed by atoms with Gasteiger partial charge in [-0.1, -0.05) is 13.3 Å². The molecule has 0 aliphatic heterocycles. The lowest BCUT2D eigenvalue weighted by Crippen LogP contribution is -3.02.